The van der Waals surface area contributed by atoms with Crippen LogP contribution in [0.1, 0.15) is 5.56 Å². The van der Waals surface area contributed by atoms with Crippen LogP contribution in [0.3, 0.4) is 0 Å². The van der Waals surface area contributed by atoms with Crippen LogP contribution < -0.4 is 0 Å². The van der Waals surface area contributed by atoms with Crippen molar-refractivity contribution in [1.29, 1.82) is 0 Å². The zero-order valence-electron chi connectivity index (χ0n) is 5.77. The van der Waals surface area contributed by atoms with Gasteiger partial charge < -0.3 is 0 Å². The highest BCUT2D eigenvalue weighted by atomic mass is 32.2. The fraction of sp³-hybridized carbons (Fsp3) is 0. The number of thiol groups is 1. The van der Waals surface area contributed by atoms with E-state index in [9.17, 15) is 4.79 Å². The van der Waals surface area contributed by atoms with Gasteiger partial charge in [-0.2, -0.15) is 0 Å². The molecule has 0 spiro atoms. The molecule has 0 N–H and O–H groups in total. The van der Waals surface area contributed by atoms with Crippen LogP contribution in [0.4, 0.5) is 0 Å². The Morgan fingerprint density at radius 2 is 2.45 bits per heavy atom. The molecular formula is C8H7NOS. The number of nitrogens with zero attached hydrogens (tertiary/aromatic N) is 1. The summed E-state index contributed by atoms with van der Waals surface area (Å²) in [4.78, 5) is 15.6. The molecule has 1 aromatic heterocycles. The third-order valence-corrected chi connectivity index (χ3v) is 3.27. The summed E-state index contributed by atoms with van der Waals surface area (Å²) in [7, 11) is -0.682. The minimum Gasteiger partial charge on any atom is -0.292 e. The van der Waals surface area contributed by atoms with Gasteiger partial charge in [0.1, 0.15) is 0 Å². The van der Waals surface area contributed by atoms with Crippen LogP contribution in [0.5, 0.6) is 0 Å². The van der Waals surface area contributed by atoms with Crippen molar-refractivity contribution < 1.29 is 4.79 Å². The maximum Gasteiger partial charge on any atom is 0.164 e. The van der Waals surface area contributed by atoms with Gasteiger partial charge in [-0.3, -0.25) is 9.78 Å². The predicted molar refractivity (Wildman–Crippen MR) is 47.3 cm³/mol. The number of carbonyl (C=O) groups excluding carboxylic acids is 1. The van der Waals surface area contributed by atoms with Crippen LogP contribution in [0.15, 0.2) is 28.8 Å². The van der Waals surface area contributed by atoms with Crippen LogP contribution in [0, 0.1) is 0 Å². The fourth-order valence-electron chi connectivity index (χ4n) is 1.09. The quantitative estimate of drug-likeness (QED) is 0.506. The number of aromatic nitrogens is 1. The number of hydrogen-bond donors (Lipinski definition) is 1. The van der Waals surface area contributed by atoms with E-state index in [-0.39, 0.29) is 0 Å². The lowest BCUT2D eigenvalue weighted by atomic mass is 10.3. The first-order valence-corrected chi connectivity index (χ1v) is 4.75. The van der Waals surface area contributed by atoms with Gasteiger partial charge in [-0.25, -0.2) is 0 Å². The van der Waals surface area contributed by atoms with Gasteiger partial charge in [-0.15, -0.1) is 10.9 Å². The van der Waals surface area contributed by atoms with E-state index in [1.54, 1.807) is 12.4 Å². The van der Waals surface area contributed by atoms with Crippen molar-refractivity contribution in [2.45, 2.75) is 4.90 Å². The van der Waals surface area contributed by atoms with Gasteiger partial charge in [0.2, 0.25) is 0 Å². The van der Waals surface area contributed by atoms with Crippen LogP contribution in [0.2, 0.25) is 0 Å². The minimum absolute atomic E-state index is 0.682. The molecule has 1 aromatic rings. The van der Waals surface area contributed by atoms with Crippen molar-refractivity contribution in [2.75, 3.05) is 0 Å². The summed E-state index contributed by atoms with van der Waals surface area (Å²) in [6, 6.07) is 1.93. The van der Waals surface area contributed by atoms with Crippen LogP contribution in [-0.2, 0) is 4.79 Å². The number of pyridine rings is 1. The number of carbonyl (C=O) groups is 1. The van der Waals surface area contributed by atoms with Crippen LogP contribution in [0.25, 0.3) is 6.08 Å². The predicted octanol–water partition coefficient (Wildman–Crippen LogP) is 1.62. The molecule has 1 aliphatic heterocycles. The second-order valence-corrected chi connectivity index (χ2v) is 4.07. The molecule has 3 heteroatoms. The summed E-state index contributed by atoms with van der Waals surface area (Å²) in [6.07, 6.45) is 5.50. The molecule has 1 atom stereocenters. The summed E-state index contributed by atoms with van der Waals surface area (Å²) in [5.74, 6) is 0. The second-order valence-electron chi connectivity index (χ2n) is 2.26. The molecule has 2 heterocycles. The van der Waals surface area contributed by atoms with Gasteiger partial charge in [0.25, 0.3) is 0 Å². The third kappa shape index (κ3) is 0.973. The molecule has 0 radical (unpaired) electrons. The zero-order valence-corrected chi connectivity index (χ0v) is 6.66. The summed E-state index contributed by atoms with van der Waals surface area (Å²) >= 11 is 0. The molecule has 1 aliphatic rings. The topological polar surface area (TPSA) is 30.0 Å². The standard InChI is InChI=1S/C8H7NOS/c10-6-11-4-2-7-1-3-9-5-8(7)11/h1-6,11H. The lowest BCUT2D eigenvalue weighted by Crippen LogP contribution is -1.80. The molecule has 11 heavy (non-hydrogen) atoms. The molecule has 0 saturated heterocycles. The lowest BCUT2D eigenvalue weighted by Gasteiger charge is -2.03. The van der Waals surface area contributed by atoms with E-state index < -0.39 is 10.9 Å². The van der Waals surface area contributed by atoms with Gasteiger partial charge in [-0.1, -0.05) is 0 Å². The normalized spacial score (nSPS) is 23.1. The number of hydrogen-bond acceptors (Lipinski definition) is 2. The zero-order chi connectivity index (χ0) is 7.68. The van der Waals surface area contributed by atoms with Gasteiger partial charge in [0, 0.05) is 17.3 Å². The summed E-state index contributed by atoms with van der Waals surface area (Å²) in [6.45, 7) is 0. The Kier molecular flexibility index (Phi) is 1.51. The molecule has 2 rings (SSSR count). The molecule has 0 saturated carbocycles. The van der Waals surface area contributed by atoms with E-state index in [0.717, 1.165) is 16.1 Å². The SMILES string of the molecule is O=C[SH]1C=Cc2ccncc21. The Hall–Kier alpha value is -1.09. The van der Waals surface area contributed by atoms with Crippen molar-refractivity contribution in [3.63, 3.8) is 0 Å². The van der Waals surface area contributed by atoms with Crippen molar-refractivity contribution in [2.24, 2.45) is 0 Å². The van der Waals surface area contributed by atoms with Crippen molar-refractivity contribution in [3.05, 3.63) is 29.4 Å². The Labute approximate surface area is 67.3 Å². The summed E-state index contributed by atoms with van der Waals surface area (Å²) in [5, 5.41) is 1.95. The molecule has 0 aromatic carbocycles. The van der Waals surface area contributed by atoms with E-state index in [4.69, 9.17) is 0 Å². The Bertz CT molecular complexity index is 322. The average Bonchev–Trinajstić information content (AvgIpc) is 2.47. The van der Waals surface area contributed by atoms with Gasteiger partial charge in [0.15, 0.2) is 5.62 Å². The first-order chi connectivity index (χ1) is 5.42. The van der Waals surface area contributed by atoms with Gasteiger partial charge >= 0.3 is 0 Å². The highest BCUT2D eigenvalue weighted by Crippen LogP contribution is 2.42. The Morgan fingerprint density at radius 3 is 3.27 bits per heavy atom. The molecule has 2 nitrogen and oxygen atoms in total. The second kappa shape index (κ2) is 2.51. The summed E-state index contributed by atoms with van der Waals surface area (Å²) in [5.41, 5.74) is 2.14. The van der Waals surface area contributed by atoms with Gasteiger partial charge in [0.05, 0.1) is 0 Å². The number of fused-ring (bicyclic) bond motifs is 1. The maximum atomic E-state index is 10.5. The van der Waals surface area contributed by atoms with E-state index in [0.29, 0.717) is 0 Å². The highest BCUT2D eigenvalue weighted by molar-refractivity contribution is 8.31. The molecule has 56 valence electrons. The van der Waals surface area contributed by atoms with Crippen molar-refractivity contribution in [1.82, 2.24) is 4.98 Å². The first kappa shape index (κ1) is 6.61. The van der Waals surface area contributed by atoms with E-state index in [1.807, 2.05) is 17.6 Å². The molecule has 0 fully saturated rings. The van der Waals surface area contributed by atoms with E-state index in [2.05, 4.69) is 4.98 Å². The Morgan fingerprint density at radius 1 is 1.55 bits per heavy atom. The first-order valence-electron chi connectivity index (χ1n) is 3.27. The molecule has 0 amide bonds. The molecule has 0 bridgehead atoms. The largest absolute Gasteiger partial charge is 0.292 e. The van der Waals surface area contributed by atoms with Gasteiger partial charge in [-0.05, 0) is 23.1 Å². The fourth-order valence-corrected chi connectivity index (χ4v) is 2.40. The molecule has 0 aliphatic carbocycles. The Balaban J connectivity index is 2.53. The van der Waals surface area contributed by atoms with Crippen LogP contribution in [-0.4, -0.2) is 10.6 Å². The third-order valence-electron chi connectivity index (χ3n) is 1.64. The lowest BCUT2D eigenvalue weighted by molar-refractivity contribution is 0.569. The van der Waals surface area contributed by atoms with E-state index >= 15 is 0 Å². The average molecular weight is 165 g/mol. The smallest absolute Gasteiger partial charge is 0.164 e. The molecule has 1 unspecified atom stereocenters. The van der Waals surface area contributed by atoms with Crippen molar-refractivity contribution in [3.8, 4) is 0 Å². The maximum absolute atomic E-state index is 10.5. The highest BCUT2D eigenvalue weighted by Gasteiger charge is 2.11. The monoisotopic (exact) mass is 165 g/mol. The number of rotatable bonds is 1. The van der Waals surface area contributed by atoms with E-state index in [1.165, 1.54) is 0 Å². The summed E-state index contributed by atoms with van der Waals surface area (Å²) < 4.78 is 0. The van der Waals surface area contributed by atoms with Crippen molar-refractivity contribution >= 4 is 22.6 Å². The van der Waals surface area contributed by atoms with Crippen LogP contribution >= 0.6 is 10.9 Å². The minimum atomic E-state index is -0.682. The molecular weight excluding hydrogens is 158 g/mol.